The highest BCUT2D eigenvalue weighted by Crippen LogP contribution is 2.41. The van der Waals surface area contributed by atoms with Crippen molar-refractivity contribution >= 4 is 21.7 Å². The predicted octanol–water partition coefficient (Wildman–Crippen LogP) is 5.64. The Balaban J connectivity index is 2.09. The number of carbonyl (C=O) groups is 1. The summed E-state index contributed by atoms with van der Waals surface area (Å²) in [5, 5.41) is 0. The number of hydrogen-bond acceptors (Lipinski definition) is 1. The lowest BCUT2D eigenvalue weighted by atomic mass is 9.99. The van der Waals surface area contributed by atoms with Gasteiger partial charge in [0.25, 0.3) is 0 Å². The van der Waals surface area contributed by atoms with E-state index in [0.717, 1.165) is 43.5 Å². The minimum atomic E-state index is 0.164. The number of ketones is 1. The van der Waals surface area contributed by atoms with Crippen molar-refractivity contribution in [1.29, 1.82) is 0 Å². The van der Waals surface area contributed by atoms with Crippen LogP contribution in [0, 0.1) is 6.92 Å². The molecule has 0 N–H and O–H groups in total. The normalized spacial score (nSPS) is 16.6. The van der Waals surface area contributed by atoms with Gasteiger partial charge >= 0.3 is 0 Å². The van der Waals surface area contributed by atoms with E-state index in [0.29, 0.717) is 5.92 Å². The minimum absolute atomic E-state index is 0.164. The summed E-state index contributed by atoms with van der Waals surface area (Å²) in [7, 11) is 0. The topological polar surface area (TPSA) is 22.0 Å². The highest BCUT2D eigenvalue weighted by atomic mass is 79.9. The van der Waals surface area contributed by atoms with Gasteiger partial charge in [-0.25, -0.2) is 0 Å². The van der Waals surface area contributed by atoms with Crippen molar-refractivity contribution in [2.24, 2.45) is 0 Å². The van der Waals surface area contributed by atoms with Gasteiger partial charge in [-0.3, -0.25) is 4.79 Å². The number of nitrogens with zero attached hydrogens (tertiary/aromatic N) is 1. The quantitative estimate of drug-likeness (QED) is 0.621. The maximum Gasteiger partial charge on any atom is 0.209 e. The Morgan fingerprint density at radius 2 is 2.00 bits per heavy atom. The van der Waals surface area contributed by atoms with Crippen LogP contribution in [0.1, 0.15) is 71.9 Å². The average molecular weight is 374 g/mol. The maximum atomic E-state index is 13.2. The van der Waals surface area contributed by atoms with Crippen LogP contribution in [0.25, 0.3) is 0 Å². The van der Waals surface area contributed by atoms with Gasteiger partial charge in [0.15, 0.2) is 0 Å². The summed E-state index contributed by atoms with van der Waals surface area (Å²) in [6.07, 6.45) is 4.35. The van der Waals surface area contributed by atoms with E-state index in [1.807, 2.05) is 31.2 Å². The molecule has 0 amide bonds. The van der Waals surface area contributed by atoms with E-state index in [1.54, 1.807) is 0 Å². The van der Waals surface area contributed by atoms with Crippen molar-refractivity contribution in [2.75, 3.05) is 0 Å². The number of hydrogen-bond donors (Lipinski definition) is 0. The zero-order valence-electron chi connectivity index (χ0n) is 14.2. The Labute approximate surface area is 147 Å². The van der Waals surface area contributed by atoms with Gasteiger partial charge in [0.1, 0.15) is 0 Å². The van der Waals surface area contributed by atoms with Crippen molar-refractivity contribution < 1.29 is 4.79 Å². The Hall–Kier alpha value is -1.35. The number of fused-ring (bicyclic) bond motifs is 1. The second-order valence-corrected chi connectivity index (χ2v) is 7.46. The summed E-state index contributed by atoms with van der Waals surface area (Å²) < 4.78 is 3.44. The van der Waals surface area contributed by atoms with E-state index in [9.17, 15) is 4.79 Å². The molecular weight excluding hydrogens is 350 g/mol. The van der Waals surface area contributed by atoms with Gasteiger partial charge in [-0.15, -0.1) is 0 Å². The second kappa shape index (κ2) is 6.64. The Morgan fingerprint density at radius 3 is 2.65 bits per heavy atom. The zero-order valence-corrected chi connectivity index (χ0v) is 15.7. The predicted molar refractivity (Wildman–Crippen MR) is 98.4 cm³/mol. The third-order valence-corrected chi connectivity index (χ3v) is 5.78. The summed E-state index contributed by atoms with van der Waals surface area (Å²) >= 11 is 3.80. The molecule has 1 unspecified atom stereocenters. The SMILES string of the molecule is CCCCc1c(Br)c2n(c1C(=O)c1ccc(C)cc1)CCC2C. The Bertz CT molecular complexity index is 727. The first-order valence-electron chi connectivity index (χ1n) is 8.56. The van der Waals surface area contributed by atoms with Crippen molar-refractivity contribution in [3.8, 4) is 0 Å². The molecule has 0 bridgehead atoms. The van der Waals surface area contributed by atoms with Crippen LogP contribution in [-0.4, -0.2) is 10.4 Å². The molecule has 1 atom stereocenters. The van der Waals surface area contributed by atoms with E-state index >= 15 is 0 Å². The Morgan fingerprint density at radius 1 is 1.30 bits per heavy atom. The Kier molecular flexibility index (Phi) is 4.77. The van der Waals surface area contributed by atoms with Gasteiger partial charge in [-0.2, -0.15) is 0 Å². The molecule has 2 aromatic rings. The van der Waals surface area contributed by atoms with Crippen LogP contribution in [-0.2, 0) is 13.0 Å². The molecule has 1 aromatic heterocycles. The molecule has 0 saturated carbocycles. The first-order chi connectivity index (χ1) is 11.0. The van der Waals surface area contributed by atoms with Crippen LogP contribution >= 0.6 is 15.9 Å². The molecule has 3 heteroatoms. The zero-order chi connectivity index (χ0) is 16.6. The summed E-state index contributed by atoms with van der Waals surface area (Å²) in [4.78, 5) is 13.2. The summed E-state index contributed by atoms with van der Waals surface area (Å²) in [6.45, 7) is 7.46. The molecule has 0 spiro atoms. The molecule has 122 valence electrons. The smallest absolute Gasteiger partial charge is 0.209 e. The third-order valence-electron chi connectivity index (χ3n) is 4.90. The first kappa shape index (κ1) is 16.5. The highest BCUT2D eigenvalue weighted by molar-refractivity contribution is 9.10. The molecular formula is C20H24BrNO. The molecule has 1 aliphatic rings. The number of carbonyl (C=O) groups excluding carboxylic acids is 1. The van der Waals surface area contributed by atoms with Crippen molar-refractivity contribution in [3.63, 3.8) is 0 Å². The van der Waals surface area contributed by atoms with E-state index in [2.05, 4.69) is 34.3 Å². The monoisotopic (exact) mass is 373 g/mol. The van der Waals surface area contributed by atoms with Crippen molar-refractivity contribution in [2.45, 2.75) is 58.9 Å². The van der Waals surface area contributed by atoms with E-state index in [-0.39, 0.29) is 5.78 Å². The van der Waals surface area contributed by atoms with Crippen LogP contribution in [0.4, 0.5) is 0 Å². The molecule has 0 radical (unpaired) electrons. The number of unbranched alkanes of at least 4 members (excludes halogenated alkanes) is 1. The molecule has 0 saturated heterocycles. The van der Waals surface area contributed by atoms with Crippen LogP contribution in [0.5, 0.6) is 0 Å². The maximum absolute atomic E-state index is 13.2. The van der Waals surface area contributed by atoms with Gasteiger partial charge < -0.3 is 4.57 Å². The van der Waals surface area contributed by atoms with Crippen LogP contribution < -0.4 is 0 Å². The molecule has 2 nitrogen and oxygen atoms in total. The van der Waals surface area contributed by atoms with E-state index in [4.69, 9.17) is 0 Å². The number of benzene rings is 1. The van der Waals surface area contributed by atoms with Gasteiger partial charge in [-0.05, 0) is 53.6 Å². The fourth-order valence-corrected chi connectivity index (χ4v) is 4.51. The number of aromatic nitrogens is 1. The molecule has 2 heterocycles. The molecule has 0 fully saturated rings. The molecule has 1 aliphatic heterocycles. The van der Waals surface area contributed by atoms with E-state index in [1.165, 1.54) is 21.3 Å². The van der Waals surface area contributed by atoms with Crippen molar-refractivity contribution in [1.82, 2.24) is 4.57 Å². The first-order valence-corrected chi connectivity index (χ1v) is 9.36. The van der Waals surface area contributed by atoms with Gasteiger partial charge in [0, 0.05) is 22.3 Å². The molecule has 23 heavy (non-hydrogen) atoms. The minimum Gasteiger partial charge on any atom is -0.340 e. The van der Waals surface area contributed by atoms with Gasteiger partial charge in [-0.1, -0.05) is 50.1 Å². The lowest BCUT2D eigenvalue weighted by molar-refractivity contribution is 0.102. The largest absolute Gasteiger partial charge is 0.340 e. The third kappa shape index (κ3) is 2.91. The number of aryl methyl sites for hydroxylation is 1. The van der Waals surface area contributed by atoms with Crippen LogP contribution in [0.3, 0.4) is 0 Å². The second-order valence-electron chi connectivity index (χ2n) is 6.67. The fraction of sp³-hybridized carbons (Fsp3) is 0.450. The van der Waals surface area contributed by atoms with Crippen LogP contribution in [0.2, 0.25) is 0 Å². The average Bonchev–Trinajstić information content (AvgIpc) is 3.04. The lowest BCUT2D eigenvalue weighted by Crippen LogP contribution is -2.11. The standard InChI is InChI=1S/C20H24BrNO/c1-4-5-6-16-17(21)18-14(3)11-12-22(18)19(16)20(23)15-9-7-13(2)8-10-15/h7-10,14H,4-6,11-12H2,1-3H3. The summed E-state index contributed by atoms with van der Waals surface area (Å²) in [5.41, 5.74) is 5.41. The van der Waals surface area contributed by atoms with Crippen molar-refractivity contribution in [3.05, 3.63) is 56.8 Å². The fourth-order valence-electron chi connectivity index (χ4n) is 3.52. The van der Waals surface area contributed by atoms with Crippen LogP contribution in [0.15, 0.2) is 28.7 Å². The highest BCUT2D eigenvalue weighted by Gasteiger charge is 2.31. The number of rotatable bonds is 5. The molecule has 0 aliphatic carbocycles. The summed E-state index contributed by atoms with van der Waals surface area (Å²) in [6, 6.07) is 7.94. The van der Waals surface area contributed by atoms with Gasteiger partial charge in [0.2, 0.25) is 5.78 Å². The molecule has 1 aromatic carbocycles. The molecule has 3 rings (SSSR count). The summed E-state index contributed by atoms with van der Waals surface area (Å²) in [5.74, 6) is 0.682. The number of halogens is 1. The lowest BCUT2D eigenvalue weighted by Gasteiger charge is -2.09. The van der Waals surface area contributed by atoms with E-state index < -0.39 is 0 Å². The van der Waals surface area contributed by atoms with Gasteiger partial charge in [0.05, 0.1) is 5.69 Å².